The number of hydrogen-bond donors (Lipinski definition) is 1. The number of aryl methyl sites for hydroxylation is 1. The highest BCUT2D eigenvalue weighted by Gasteiger charge is 2.23. The summed E-state index contributed by atoms with van der Waals surface area (Å²) >= 11 is 18.0. The molecule has 2 aromatic carbocycles. The van der Waals surface area contributed by atoms with Crippen molar-refractivity contribution in [3.8, 4) is 0 Å². The Kier molecular flexibility index (Phi) is 5.77. The predicted molar refractivity (Wildman–Crippen MR) is 96.7 cm³/mol. The third-order valence-corrected chi connectivity index (χ3v) is 4.67. The number of carboxylic acid groups (broad SMARTS) is 1. The van der Waals surface area contributed by atoms with E-state index in [1.165, 1.54) is 11.0 Å². The molecule has 0 saturated heterocycles. The normalized spacial score (nSPS) is 10.3. The van der Waals surface area contributed by atoms with Gasteiger partial charge in [0.2, 0.25) is 10.3 Å². The van der Waals surface area contributed by atoms with Crippen molar-refractivity contribution in [1.82, 2.24) is 0 Å². The summed E-state index contributed by atoms with van der Waals surface area (Å²) < 4.78 is 22.4. The summed E-state index contributed by atoms with van der Waals surface area (Å²) in [5.41, 5.74) is 1.97. The molecule has 0 heterocycles. The highest BCUT2D eigenvalue weighted by Crippen LogP contribution is 2.41. The maximum atomic E-state index is 11.4. The fourth-order valence-corrected chi connectivity index (χ4v) is 3.21. The molecule has 5 nitrogen and oxygen atoms in total. The first kappa shape index (κ1) is 18.6. The topological polar surface area (TPSA) is 74.7 Å². The maximum absolute atomic E-state index is 11.4. The van der Waals surface area contributed by atoms with Gasteiger partial charge in [0, 0.05) is 5.69 Å². The number of benzene rings is 2. The number of rotatable bonds is 4. The van der Waals surface area contributed by atoms with Crippen molar-refractivity contribution in [3.63, 3.8) is 0 Å². The van der Waals surface area contributed by atoms with Crippen molar-refractivity contribution < 1.29 is 18.3 Å². The Morgan fingerprint density at radius 1 is 1.12 bits per heavy atom. The molecule has 0 atom stereocenters. The van der Waals surface area contributed by atoms with Crippen LogP contribution in [0.2, 0.25) is 15.1 Å². The second-order valence-electron chi connectivity index (χ2n) is 4.76. The second-order valence-corrected chi connectivity index (χ2v) is 6.65. The highest BCUT2D eigenvalue weighted by atomic mass is 35.5. The molecule has 0 unspecified atom stereocenters. The van der Waals surface area contributed by atoms with E-state index in [-0.39, 0.29) is 20.8 Å². The van der Waals surface area contributed by atoms with Crippen LogP contribution in [-0.2, 0) is 10.3 Å². The van der Waals surface area contributed by atoms with Crippen molar-refractivity contribution >= 4 is 67.9 Å². The molecule has 0 saturated carbocycles. The van der Waals surface area contributed by atoms with Gasteiger partial charge in [-0.15, -0.1) is 0 Å². The molecule has 0 radical (unpaired) electrons. The van der Waals surface area contributed by atoms with Crippen LogP contribution >= 0.6 is 34.8 Å². The van der Waals surface area contributed by atoms with Gasteiger partial charge in [-0.05, 0) is 25.1 Å². The molecule has 0 aromatic heterocycles. The second kappa shape index (κ2) is 7.44. The minimum absolute atomic E-state index is 0.0596. The Bertz CT molecular complexity index is 932. The number of anilines is 2. The Morgan fingerprint density at radius 2 is 1.71 bits per heavy atom. The van der Waals surface area contributed by atoms with E-state index in [0.29, 0.717) is 5.69 Å². The maximum Gasteiger partial charge on any atom is 0.338 e. The van der Waals surface area contributed by atoms with Crippen LogP contribution in [0.5, 0.6) is 0 Å². The van der Waals surface area contributed by atoms with E-state index in [1.54, 1.807) is 24.3 Å². The molecular weight excluding hydrogens is 397 g/mol. The molecule has 0 aliphatic rings. The zero-order valence-electron chi connectivity index (χ0n) is 12.1. The summed E-state index contributed by atoms with van der Waals surface area (Å²) in [5.74, 6) is -1.37. The van der Waals surface area contributed by atoms with Crippen LogP contribution in [-0.4, -0.2) is 25.0 Å². The zero-order chi connectivity index (χ0) is 18.0. The lowest BCUT2D eigenvalue weighted by Crippen LogP contribution is -2.17. The molecule has 24 heavy (non-hydrogen) atoms. The minimum atomic E-state index is -2.57. The fraction of sp³-hybridized carbons (Fsp3) is 0.0667. The first-order valence-corrected chi connectivity index (χ1v) is 8.69. The summed E-state index contributed by atoms with van der Waals surface area (Å²) in [4.78, 5) is 12.6. The van der Waals surface area contributed by atoms with Crippen molar-refractivity contribution in [1.29, 1.82) is 0 Å². The van der Waals surface area contributed by atoms with Crippen molar-refractivity contribution in [2.75, 3.05) is 4.90 Å². The molecule has 2 aromatic rings. The van der Waals surface area contributed by atoms with Gasteiger partial charge in [-0.3, -0.25) is 0 Å². The van der Waals surface area contributed by atoms with E-state index in [2.05, 4.69) is 0 Å². The summed E-state index contributed by atoms with van der Waals surface area (Å²) in [5, 5.41) is 8.79. The van der Waals surface area contributed by atoms with E-state index in [4.69, 9.17) is 34.8 Å². The monoisotopic (exact) mass is 405 g/mol. The first-order valence-electron chi connectivity index (χ1n) is 6.42. The van der Waals surface area contributed by atoms with Crippen LogP contribution in [0.3, 0.4) is 0 Å². The van der Waals surface area contributed by atoms with Gasteiger partial charge in [0.25, 0.3) is 0 Å². The van der Waals surface area contributed by atoms with E-state index in [0.717, 1.165) is 11.1 Å². The Hall–Kier alpha value is -1.73. The predicted octanol–water partition coefficient (Wildman–Crippen LogP) is 4.43. The van der Waals surface area contributed by atoms with Gasteiger partial charge in [-0.1, -0.05) is 52.5 Å². The molecule has 9 heteroatoms. The fourth-order valence-electron chi connectivity index (χ4n) is 2.00. The Balaban J connectivity index is 2.79. The van der Waals surface area contributed by atoms with Crippen LogP contribution in [0.4, 0.5) is 11.4 Å². The van der Waals surface area contributed by atoms with Gasteiger partial charge >= 0.3 is 5.97 Å². The summed E-state index contributed by atoms with van der Waals surface area (Å²) in [7, 11) is -2.57. The van der Waals surface area contributed by atoms with Crippen LogP contribution in [0, 0.1) is 6.92 Å². The van der Waals surface area contributed by atoms with E-state index in [1.807, 2.05) is 6.92 Å². The van der Waals surface area contributed by atoms with E-state index < -0.39 is 21.8 Å². The number of carbonyl (C=O) groups is 1. The molecule has 0 aliphatic heterocycles. The SMILES string of the molecule is Cc1ccc(N(C=S(=O)=O)c2cc(Cl)c(Cl)c(C(=O)O)c2Cl)cc1. The molecule has 0 aliphatic carbocycles. The smallest absolute Gasteiger partial charge is 0.338 e. The lowest BCUT2D eigenvalue weighted by atomic mass is 10.1. The molecule has 0 fully saturated rings. The summed E-state index contributed by atoms with van der Waals surface area (Å²) in [6, 6.07) is 8.18. The van der Waals surface area contributed by atoms with Gasteiger partial charge in [0.05, 0.1) is 20.8 Å². The quantitative estimate of drug-likeness (QED) is 0.600. The first-order chi connectivity index (χ1) is 11.2. The molecular formula is C15H10Cl3NO4S. The molecule has 0 spiro atoms. The Labute approximate surface area is 154 Å². The molecule has 1 N–H and O–H groups in total. The lowest BCUT2D eigenvalue weighted by Gasteiger charge is -2.22. The highest BCUT2D eigenvalue weighted by molar-refractivity contribution is 7.71. The molecule has 0 bridgehead atoms. The van der Waals surface area contributed by atoms with Crippen LogP contribution in [0.25, 0.3) is 0 Å². The van der Waals surface area contributed by atoms with Gasteiger partial charge in [-0.25, -0.2) is 4.79 Å². The standard InChI is InChI=1S/C15H10Cl3NO4S/c1-8-2-4-9(5-3-8)19(7-24(22)23)11-6-10(16)13(17)12(14(11)18)15(20)21/h2-7H,1H3,(H,20,21). The third-order valence-electron chi connectivity index (χ3n) is 3.11. The average molecular weight is 407 g/mol. The minimum Gasteiger partial charge on any atom is -0.478 e. The van der Waals surface area contributed by atoms with Gasteiger partial charge in [-0.2, -0.15) is 8.42 Å². The molecule has 126 valence electrons. The van der Waals surface area contributed by atoms with Crippen LogP contribution in [0.1, 0.15) is 15.9 Å². The van der Waals surface area contributed by atoms with Crippen molar-refractivity contribution in [2.45, 2.75) is 6.92 Å². The van der Waals surface area contributed by atoms with Crippen molar-refractivity contribution in [2.24, 2.45) is 0 Å². The number of carboxylic acids is 1. The number of halogens is 3. The summed E-state index contributed by atoms with van der Waals surface area (Å²) in [6.07, 6.45) is 0. The van der Waals surface area contributed by atoms with Gasteiger partial charge in [0.1, 0.15) is 11.1 Å². The third kappa shape index (κ3) is 3.84. The summed E-state index contributed by atoms with van der Waals surface area (Å²) in [6.45, 7) is 1.87. The van der Waals surface area contributed by atoms with E-state index in [9.17, 15) is 18.3 Å². The van der Waals surface area contributed by atoms with Crippen molar-refractivity contribution in [3.05, 3.63) is 56.5 Å². The number of aromatic carboxylic acids is 1. The van der Waals surface area contributed by atoms with Gasteiger partial charge < -0.3 is 10.0 Å². The molecule has 2 rings (SSSR count). The largest absolute Gasteiger partial charge is 0.478 e. The van der Waals surface area contributed by atoms with Crippen LogP contribution < -0.4 is 4.90 Å². The number of hydrogen-bond acceptors (Lipinski definition) is 3. The average Bonchev–Trinajstić information content (AvgIpc) is 2.49. The number of nitrogens with zero attached hydrogens (tertiary/aromatic N) is 1. The Morgan fingerprint density at radius 3 is 2.21 bits per heavy atom. The van der Waals surface area contributed by atoms with E-state index >= 15 is 0 Å². The lowest BCUT2D eigenvalue weighted by molar-refractivity contribution is 0.0697. The zero-order valence-corrected chi connectivity index (χ0v) is 15.2. The molecule has 0 amide bonds. The van der Waals surface area contributed by atoms with Crippen LogP contribution in [0.15, 0.2) is 30.3 Å². The van der Waals surface area contributed by atoms with Gasteiger partial charge in [0.15, 0.2) is 0 Å².